The van der Waals surface area contributed by atoms with Crippen LogP contribution in [0, 0.1) is 0 Å². The Morgan fingerprint density at radius 1 is 1.35 bits per heavy atom. The molecule has 20 heavy (non-hydrogen) atoms. The first kappa shape index (κ1) is 14.9. The molecule has 1 fully saturated rings. The standard InChI is InChI=1S/C16H24N2O2/c1-16(2,3)18(15(19)20)14-9-10-17(12-14)11-13-7-5-4-6-8-13/h4-8,14H,9-12H2,1-3H3,(H,19,20)/t14-/m0/s1. The van der Waals surface area contributed by atoms with E-state index in [1.54, 1.807) is 4.90 Å². The van der Waals surface area contributed by atoms with Gasteiger partial charge in [0.2, 0.25) is 0 Å². The molecule has 0 unspecified atom stereocenters. The van der Waals surface area contributed by atoms with E-state index >= 15 is 0 Å². The van der Waals surface area contributed by atoms with Crippen molar-refractivity contribution in [2.24, 2.45) is 0 Å². The number of hydrogen-bond acceptors (Lipinski definition) is 2. The third kappa shape index (κ3) is 3.51. The molecular formula is C16H24N2O2. The SMILES string of the molecule is CC(C)(C)N(C(=O)O)[C@H]1CCN(Cc2ccccc2)C1. The average molecular weight is 276 g/mol. The van der Waals surface area contributed by atoms with Crippen molar-refractivity contribution in [2.75, 3.05) is 13.1 Å². The van der Waals surface area contributed by atoms with Crippen LogP contribution >= 0.6 is 0 Å². The molecule has 1 heterocycles. The summed E-state index contributed by atoms with van der Waals surface area (Å²) in [6, 6.07) is 10.4. The Balaban J connectivity index is 1.99. The molecule has 0 aromatic heterocycles. The molecule has 110 valence electrons. The van der Waals surface area contributed by atoms with Crippen LogP contribution in [0.1, 0.15) is 32.8 Å². The van der Waals surface area contributed by atoms with Gasteiger partial charge in [-0.3, -0.25) is 9.80 Å². The molecule has 0 spiro atoms. The molecule has 0 saturated carbocycles. The highest BCUT2D eigenvalue weighted by atomic mass is 16.4. The number of benzene rings is 1. The Bertz CT molecular complexity index is 453. The van der Waals surface area contributed by atoms with E-state index in [9.17, 15) is 9.90 Å². The topological polar surface area (TPSA) is 43.8 Å². The van der Waals surface area contributed by atoms with Crippen LogP contribution < -0.4 is 0 Å². The van der Waals surface area contributed by atoms with E-state index in [1.807, 2.05) is 39.0 Å². The average Bonchev–Trinajstić information content (AvgIpc) is 2.76. The van der Waals surface area contributed by atoms with Crippen LogP contribution in [0.5, 0.6) is 0 Å². The highest BCUT2D eigenvalue weighted by Crippen LogP contribution is 2.25. The van der Waals surface area contributed by atoms with Crippen LogP contribution in [0.2, 0.25) is 0 Å². The van der Waals surface area contributed by atoms with Gasteiger partial charge in [0.1, 0.15) is 0 Å². The molecule has 4 nitrogen and oxygen atoms in total. The Labute approximate surface area is 121 Å². The summed E-state index contributed by atoms with van der Waals surface area (Å²) in [5.41, 5.74) is 0.935. The summed E-state index contributed by atoms with van der Waals surface area (Å²) in [7, 11) is 0. The lowest BCUT2D eigenvalue weighted by atomic mass is 10.0. The van der Waals surface area contributed by atoms with E-state index < -0.39 is 6.09 Å². The Hall–Kier alpha value is -1.55. The number of carbonyl (C=O) groups is 1. The summed E-state index contributed by atoms with van der Waals surface area (Å²) >= 11 is 0. The number of amides is 1. The number of hydrogen-bond donors (Lipinski definition) is 1. The second kappa shape index (κ2) is 5.83. The van der Waals surface area contributed by atoms with Crippen molar-refractivity contribution in [3.05, 3.63) is 35.9 Å². The fourth-order valence-corrected chi connectivity index (χ4v) is 3.00. The Morgan fingerprint density at radius 3 is 2.55 bits per heavy atom. The smallest absolute Gasteiger partial charge is 0.408 e. The molecule has 1 aliphatic heterocycles. The molecule has 1 aliphatic rings. The Kier molecular flexibility index (Phi) is 4.33. The lowest BCUT2D eigenvalue weighted by molar-refractivity contribution is 0.0719. The summed E-state index contributed by atoms with van der Waals surface area (Å²) in [4.78, 5) is 15.4. The number of carboxylic acid groups (broad SMARTS) is 1. The molecule has 0 bridgehead atoms. The van der Waals surface area contributed by atoms with Gasteiger partial charge < -0.3 is 5.11 Å². The maximum absolute atomic E-state index is 11.5. The minimum absolute atomic E-state index is 0.0937. The van der Waals surface area contributed by atoms with Crippen molar-refractivity contribution >= 4 is 6.09 Å². The molecule has 1 saturated heterocycles. The zero-order chi connectivity index (χ0) is 14.8. The van der Waals surface area contributed by atoms with Gasteiger partial charge in [-0.15, -0.1) is 0 Å². The van der Waals surface area contributed by atoms with Gasteiger partial charge in [0.05, 0.1) is 0 Å². The summed E-state index contributed by atoms with van der Waals surface area (Å²) in [5.74, 6) is 0. The van der Waals surface area contributed by atoms with Crippen LogP contribution in [0.4, 0.5) is 4.79 Å². The van der Waals surface area contributed by atoms with Crippen molar-refractivity contribution in [1.82, 2.24) is 9.80 Å². The third-order valence-corrected chi connectivity index (χ3v) is 3.79. The quantitative estimate of drug-likeness (QED) is 0.923. The molecule has 2 rings (SSSR count). The van der Waals surface area contributed by atoms with Gasteiger partial charge in [0.15, 0.2) is 0 Å². The summed E-state index contributed by atoms with van der Waals surface area (Å²) in [6.45, 7) is 8.55. The minimum Gasteiger partial charge on any atom is -0.465 e. The molecule has 0 aliphatic carbocycles. The van der Waals surface area contributed by atoms with Crippen LogP contribution in [0.25, 0.3) is 0 Å². The maximum atomic E-state index is 11.5. The number of likely N-dealkylation sites (tertiary alicyclic amines) is 1. The highest BCUT2D eigenvalue weighted by Gasteiger charge is 2.36. The van der Waals surface area contributed by atoms with E-state index in [-0.39, 0.29) is 11.6 Å². The van der Waals surface area contributed by atoms with Crippen molar-refractivity contribution in [3.63, 3.8) is 0 Å². The van der Waals surface area contributed by atoms with Crippen molar-refractivity contribution in [2.45, 2.75) is 45.3 Å². The minimum atomic E-state index is -0.816. The van der Waals surface area contributed by atoms with Crippen LogP contribution in [-0.4, -0.2) is 45.7 Å². The van der Waals surface area contributed by atoms with E-state index in [4.69, 9.17) is 0 Å². The van der Waals surface area contributed by atoms with Gasteiger partial charge in [-0.05, 0) is 32.8 Å². The highest BCUT2D eigenvalue weighted by molar-refractivity contribution is 5.66. The molecule has 1 atom stereocenters. The van der Waals surface area contributed by atoms with Gasteiger partial charge in [0.25, 0.3) is 0 Å². The molecule has 0 radical (unpaired) electrons. The first-order valence-electron chi connectivity index (χ1n) is 7.16. The number of rotatable bonds is 3. The molecule has 1 aromatic carbocycles. The van der Waals surface area contributed by atoms with E-state index in [1.165, 1.54) is 5.56 Å². The summed E-state index contributed by atoms with van der Waals surface area (Å²) in [5, 5.41) is 9.45. The zero-order valence-electron chi connectivity index (χ0n) is 12.5. The first-order valence-corrected chi connectivity index (χ1v) is 7.16. The molecule has 1 amide bonds. The van der Waals surface area contributed by atoms with E-state index in [2.05, 4.69) is 17.0 Å². The normalized spacial score (nSPS) is 20.1. The second-order valence-electron chi connectivity index (χ2n) is 6.49. The van der Waals surface area contributed by atoms with Gasteiger partial charge in [-0.1, -0.05) is 30.3 Å². The van der Waals surface area contributed by atoms with Crippen LogP contribution in [0.15, 0.2) is 30.3 Å². The van der Waals surface area contributed by atoms with Crippen molar-refractivity contribution in [3.8, 4) is 0 Å². The largest absolute Gasteiger partial charge is 0.465 e. The molecule has 1 N–H and O–H groups in total. The van der Waals surface area contributed by atoms with Gasteiger partial charge >= 0.3 is 6.09 Å². The van der Waals surface area contributed by atoms with E-state index in [0.29, 0.717) is 0 Å². The lowest BCUT2D eigenvalue weighted by Gasteiger charge is -2.38. The maximum Gasteiger partial charge on any atom is 0.408 e. The van der Waals surface area contributed by atoms with Crippen molar-refractivity contribution < 1.29 is 9.90 Å². The van der Waals surface area contributed by atoms with Gasteiger partial charge in [0, 0.05) is 31.2 Å². The predicted molar refractivity (Wildman–Crippen MR) is 79.7 cm³/mol. The van der Waals surface area contributed by atoms with Crippen LogP contribution in [0.3, 0.4) is 0 Å². The fourth-order valence-electron chi connectivity index (χ4n) is 3.00. The summed E-state index contributed by atoms with van der Waals surface area (Å²) < 4.78 is 0. The first-order chi connectivity index (χ1) is 9.38. The predicted octanol–water partition coefficient (Wildman–Crippen LogP) is 3.04. The number of nitrogens with zero attached hydrogens (tertiary/aromatic N) is 2. The lowest BCUT2D eigenvalue weighted by Crippen LogP contribution is -2.52. The zero-order valence-corrected chi connectivity index (χ0v) is 12.5. The Morgan fingerprint density at radius 2 is 2.00 bits per heavy atom. The van der Waals surface area contributed by atoms with Crippen molar-refractivity contribution in [1.29, 1.82) is 0 Å². The monoisotopic (exact) mass is 276 g/mol. The molecule has 1 aromatic rings. The van der Waals surface area contributed by atoms with E-state index in [0.717, 1.165) is 26.1 Å². The summed E-state index contributed by atoms with van der Waals surface area (Å²) in [6.07, 6.45) is 0.0974. The third-order valence-electron chi connectivity index (χ3n) is 3.79. The fraction of sp³-hybridized carbons (Fsp3) is 0.562. The molecule has 4 heteroatoms. The van der Waals surface area contributed by atoms with Crippen LogP contribution in [-0.2, 0) is 6.54 Å². The molecular weight excluding hydrogens is 252 g/mol. The second-order valence-corrected chi connectivity index (χ2v) is 6.49. The van der Waals surface area contributed by atoms with Gasteiger partial charge in [-0.2, -0.15) is 0 Å². The van der Waals surface area contributed by atoms with Gasteiger partial charge in [-0.25, -0.2) is 4.79 Å².